The fourth-order valence-electron chi connectivity index (χ4n) is 3.44. The Bertz CT molecular complexity index is 938. The second kappa shape index (κ2) is 7.10. The highest BCUT2D eigenvalue weighted by Crippen LogP contribution is 2.35. The maximum absolute atomic E-state index is 5.62. The van der Waals surface area contributed by atoms with Gasteiger partial charge in [-0.25, -0.2) is 9.97 Å². The van der Waals surface area contributed by atoms with E-state index in [0.717, 1.165) is 29.0 Å². The first kappa shape index (κ1) is 18.4. The van der Waals surface area contributed by atoms with Gasteiger partial charge in [-0.3, -0.25) is 0 Å². The Hall–Kier alpha value is -2.36. The maximum atomic E-state index is 5.62. The molecule has 3 aromatic heterocycles. The minimum Gasteiger partial charge on any atom is -0.480 e. The zero-order valence-electron chi connectivity index (χ0n) is 16.9. The van der Waals surface area contributed by atoms with Gasteiger partial charge in [-0.05, 0) is 47.6 Å². The van der Waals surface area contributed by atoms with E-state index in [9.17, 15) is 0 Å². The quantitative estimate of drug-likeness (QED) is 0.613. The number of aryl methyl sites for hydroxylation is 2. The molecule has 4 heteroatoms. The average Bonchev–Trinajstić information content (AvgIpc) is 2.96. The Morgan fingerprint density at radius 3 is 2.38 bits per heavy atom. The Morgan fingerprint density at radius 1 is 1.08 bits per heavy atom. The number of hydrogen-bond donors (Lipinski definition) is 0. The molecule has 0 saturated heterocycles. The van der Waals surface area contributed by atoms with Crippen molar-refractivity contribution in [3.8, 4) is 17.1 Å². The summed E-state index contributed by atoms with van der Waals surface area (Å²) in [5.74, 6) is 1.48. The molecular weight excluding hydrogens is 322 g/mol. The van der Waals surface area contributed by atoms with Gasteiger partial charge in [-0.15, -0.1) is 0 Å². The molecule has 0 amide bonds. The van der Waals surface area contributed by atoms with Crippen LogP contribution >= 0.6 is 0 Å². The Morgan fingerprint density at radius 2 is 1.81 bits per heavy atom. The minimum atomic E-state index is 0.362. The van der Waals surface area contributed by atoms with Crippen molar-refractivity contribution in [2.24, 2.45) is 7.05 Å². The minimum absolute atomic E-state index is 0.362. The zero-order valence-corrected chi connectivity index (χ0v) is 16.9. The van der Waals surface area contributed by atoms with Gasteiger partial charge in [0.2, 0.25) is 5.88 Å². The van der Waals surface area contributed by atoms with Gasteiger partial charge in [-0.1, -0.05) is 34.6 Å². The van der Waals surface area contributed by atoms with Gasteiger partial charge in [0.05, 0.1) is 18.4 Å². The summed E-state index contributed by atoms with van der Waals surface area (Å²) in [6.45, 7) is 10.9. The number of pyridine rings is 2. The van der Waals surface area contributed by atoms with Crippen molar-refractivity contribution >= 4 is 11.0 Å². The highest BCUT2D eigenvalue weighted by molar-refractivity contribution is 5.86. The van der Waals surface area contributed by atoms with E-state index < -0.39 is 0 Å². The van der Waals surface area contributed by atoms with Gasteiger partial charge in [0.1, 0.15) is 5.65 Å². The van der Waals surface area contributed by atoms with Crippen molar-refractivity contribution in [3.63, 3.8) is 0 Å². The van der Waals surface area contributed by atoms with E-state index in [2.05, 4.69) is 70.6 Å². The van der Waals surface area contributed by atoms with E-state index in [-0.39, 0.29) is 0 Å². The fourth-order valence-corrected chi connectivity index (χ4v) is 3.44. The van der Waals surface area contributed by atoms with Crippen molar-refractivity contribution in [1.29, 1.82) is 0 Å². The molecule has 3 heterocycles. The number of ether oxygens (including phenoxy) is 1. The molecule has 0 spiro atoms. The molecule has 4 nitrogen and oxygen atoms in total. The monoisotopic (exact) mass is 351 g/mol. The third-order valence-electron chi connectivity index (χ3n) is 4.98. The van der Waals surface area contributed by atoms with Gasteiger partial charge in [0.15, 0.2) is 0 Å². The molecule has 138 valence electrons. The molecule has 0 N–H and O–H groups in total. The van der Waals surface area contributed by atoms with Crippen LogP contribution in [0.5, 0.6) is 5.88 Å². The molecule has 0 fully saturated rings. The van der Waals surface area contributed by atoms with Crippen LogP contribution < -0.4 is 4.74 Å². The molecule has 0 saturated carbocycles. The molecular formula is C22H29N3O. The molecule has 0 aliphatic rings. The molecule has 26 heavy (non-hydrogen) atoms. The SMILES string of the molecule is CCc1cc2c(C(C)C)cn(C)c2nc1-c1ccc(C(C)C)nc1OC. The summed E-state index contributed by atoms with van der Waals surface area (Å²) in [7, 11) is 3.74. The third kappa shape index (κ3) is 3.09. The fraction of sp³-hybridized carbons (Fsp3) is 0.455. The van der Waals surface area contributed by atoms with E-state index in [4.69, 9.17) is 14.7 Å². The van der Waals surface area contributed by atoms with E-state index in [1.165, 1.54) is 16.5 Å². The molecule has 0 atom stereocenters. The van der Waals surface area contributed by atoms with Crippen molar-refractivity contribution in [2.75, 3.05) is 7.11 Å². The largest absolute Gasteiger partial charge is 0.480 e. The zero-order chi connectivity index (χ0) is 19.0. The van der Waals surface area contributed by atoms with Gasteiger partial charge < -0.3 is 9.30 Å². The van der Waals surface area contributed by atoms with Gasteiger partial charge in [0, 0.05) is 24.3 Å². The summed E-state index contributed by atoms with van der Waals surface area (Å²) in [5, 5.41) is 1.24. The van der Waals surface area contributed by atoms with E-state index >= 15 is 0 Å². The molecule has 0 aliphatic carbocycles. The predicted molar refractivity (Wildman–Crippen MR) is 108 cm³/mol. The van der Waals surface area contributed by atoms with Crippen LogP contribution in [0.15, 0.2) is 24.4 Å². The Kier molecular flexibility index (Phi) is 5.03. The van der Waals surface area contributed by atoms with Crippen molar-refractivity contribution in [3.05, 3.63) is 41.2 Å². The van der Waals surface area contributed by atoms with Crippen molar-refractivity contribution in [1.82, 2.24) is 14.5 Å². The second-order valence-electron chi connectivity index (χ2n) is 7.52. The van der Waals surface area contributed by atoms with Crippen LogP contribution in [0.3, 0.4) is 0 Å². The summed E-state index contributed by atoms with van der Waals surface area (Å²) < 4.78 is 7.74. The normalized spacial score (nSPS) is 11.7. The van der Waals surface area contributed by atoms with Crippen LogP contribution in [0.2, 0.25) is 0 Å². The maximum Gasteiger partial charge on any atom is 0.222 e. The topological polar surface area (TPSA) is 39.9 Å². The summed E-state index contributed by atoms with van der Waals surface area (Å²) in [4.78, 5) is 9.75. The number of rotatable bonds is 5. The lowest BCUT2D eigenvalue weighted by molar-refractivity contribution is 0.397. The summed E-state index contributed by atoms with van der Waals surface area (Å²) in [6.07, 6.45) is 3.11. The Balaban J connectivity index is 2.26. The highest BCUT2D eigenvalue weighted by atomic mass is 16.5. The first-order chi connectivity index (χ1) is 12.4. The standard InChI is InChI=1S/C22H29N3O/c1-8-15-11-17-18(13(2)3)12-25(6)21(17)24-20(15)16-9-10-19(14(4)5)23-22(16)26-7/h9-14H,8H2,1-7H3. The number of methoxy groups -OCH3 is 1. The van der Waals surface area contributed by atoms with Crippen molar-refractivity contribution in [2.45, 2.75) is 52.9 Å². The molecule has 0 aliphatic heterocycles. The van der Waals surface area contributed by atoms with Crippen LogP contribution in [0.25, 0.3) is 22.3 Å². The van der Waals surface area contributed by atoms with E-state index in [0.29, 0.717) is 17.7 Å². The lowest BCUT2D eigenvalue weighted by atomic mass is 9.98. The molecule has 0 unspecified atom stereocenters. The number of fused-ring (bicyclic) bond motifs is 1. The third-order valence-corrected chi connectivity index (χ3v) is 4.98. The Labute approximate surface area is 156 Å². The van der Waals surface area contributed by atoms with Gasteiger partial charge in [0.25, 0.3) is 0 Å². The lowest BCUT2D eigenvalue weighted by Crippen LogP contribution is -2.01. The predicted octanol–water partition coefficient (Wildman–Crippen LogP) is 5.45. The molecule has 0 radical (unpaired) electrons. The van der Waals surface area contributed by atoms with Crippen LogP contribution in [0.4, 0.5) is 0 Å². The van der Waals surface area contributed by atoms with Crippen LogP contribution in [-0.4, -0.2) is 21.6 Å². The molecule has 3 aromatic rings. The number of aromatic nitrogens is 3. The van der Waals surface area contributed by atoms with E-state index in [1.54, 1.807) is 7.11 Å². The lowest BCUT2D eigenvalue weighted by Gasteiger charge is -2.14. The summed E-state index contributed by atoms with van der Waals surface area (Å²) >= 11 is 0. The first-order valence-electron chi connectivity index (χ1n) is 9.41. The highest BCUT2D eigenvalue weighted by Gasteiger charge is 2.19. The van der Waals surface area contributed by atoms with Crippen LogP contribution in [0, 0.1) is 0 Å². The average molecular weight is 351 g/mol. The molecule has 0 aromatic carbocycles. The molecule has 0 bridgehead atoms. The van der Waals surface area contributed by atoms with Crippen LogP contribution in [-0.2, 0) is 13.5 Å². The van der Waals surface area contributed by atoms with Gasteiger partial charge >= 0.3 is 0 Å². The summed E-state index contributed by atoms with van der Waals surface area (Å²) in [5.41, 5.74) is 6.54. The first-order valence-corrected chi connectivity index (χ1v) is 9.41. The number of nitrogens with zero attached hydrogens (tertiary/aromatic N) is 3. The molecule has 3 rings (SSSR count). The van der Waals surface area contributed by atoms with Crippen LogP contribution in [0.1, 0.15) is 63.3 Å². The second-order valence-corrected chi connectivity index (χ2v) is 7.52. The van der Waals surface area contributed by atoms with E-state index in [1.807, 2.05) is 0 Å². The summed E-state index contributed by atoms with van der Waals surface area (Å²) in [6, 6.07) is 6.47. The smallest absolute Gasteiger partial charge is 0.222 e. The number of hydrogen-bond acceptors (Lipinski definition) is 3. The van der Waals surface area contributed by atoms with Gasteiger partial charge in [-0.2, -0.15) is 0 Å². The van der Waals surface area contributed by atoms with Crippen molar-refractivity contribution < 1.29 is 4.74 Å².